The fraction of sp³-hybridized carbons (Fsp3) is 0.185. The van der Waals surface area contributed by atoms with E-state index in [1.807, 2.05) is 30.4 Å². The molecule has 0 aromatic heterocycles. The Balaban J connectivity index is 1.77. The highest BCUT2D eigenvalue weighted by Crippen LogP contribution is 2.39. The van der Waals surface area contributed by atoms with Crippen molar-refractivity contribution in [2.45, 2.75) is 12.8 Å². The summed E-state index contributed by atoms with van der Waals surface area (Å²) in [7, 11) is 4.55. The van der Waals surface area contributed by atoms with Crippen LogP contribution >= 0.6 is 0 Å². The smallest absolute Gasteiger partial charge is 0.337 e. The Kier molecular flexibility index (Phi) is 6.01. The average Bonchev–Trinajstić information content (AvgIpc) is 2.83. The van der Waals surface area contributed by atoms with E-state index in [2.05, 4.69) is 4.74 Å². The number of aromatic hydroxyl groups is 1. The summed E-state index contributed by atoms with van der Waals surface area (Å²) < 4.78 is 19.3. The van der Waals surface area contributed by atoms with Crippen LogP contribution in [0.15, 0.2) is 60.7 Å². The van der Waals surface area contributed by atoms with Gasteiger partial charge in [0.25, 0.3) is 5.91 Å². The maximum absolute atomic E-state index is 14.7. The normalized spacial score (nSPS) is 13.3. The summed E-state index contributed by atoms with van der Waals surface area (Å²) >= 11 is 0. The molecule has 1 N–H and O–H groups in total. The van der Waals surface area contributed by atoms with Crippen LogP contribution in [0.5, 0.6) is 5.75 Å². The number of carbonyl (C=O) groups is 2. The fourth-order valence-corrected chi connectivity index (χ4v) is 4.14. The molecule has 0 saturated heterocycles. The van der Waals surface area contributed by atoms with Gasteiger partial charge in [-0.3, -0.25) is 4.79 Å². The second kappa shape index (κ2) is 8.90. The number of carbonyl (C=O) groups excluding carboxylic acids is 2. The molecule has 0 aliphatic heterocycles. The van der Waals surface area contributed by atoms with E-state index >= 15 is 0 Å². The predicted octanol–water partition coefficient (Wildman–Crippen LogP) is 5.43. The van der Waals surface area contributed by atoms with Gasteiger partial charge >= 0.3 is 5.97 Å². The van der Waals surface area contributed by atoms with Crippen LogP contribution in [0, 0.1) is 5.82 Å². The summed E-state index contributed by atoms with van der Waals surface area (Å²) in [6.45, 7) is 0. The first-order valence-corrected chi connectivity index (χ1v) is 10.6. The monoisotopic (exact) mass is 445 g/mol. The first-order valence-electron chi connectivity index (χ1n) is 10.6. The number of allylic oxidation sites excluding steroid dienone is 4. The average molecular weight is 445 g/mol. The number of halogens is 1. The molecule has 3 aromatic carbocycles. The highest BCUT2D eigenvalue weighted by molar-refractivity contribution is 6.07. The van der Waals surface area contributed by atoms with E-state index in [1.165, 1.54) is 18.1 Å². The Morgan fingerprint density at radius 2 is 1.58 bits per heavy atom. The van der Waals surface area contributed by atoms with Crippen LogP contribution in [0.1, 0.15) is 44.7 Å². The molecule has 5 nitrogen and oxygen atoms in total. The topological polar surface area (TPSA) is 66.8 Å². The standard InChI is InChI=1S/C27H24FNO4/c1-29(2)26(31)23-15-22(20-6-4-5-7-21(20)25(23)30)17-10-8-16(9-11-17)19-13-12-18(14-24(19)28)27(32)33-3/h4-8,10,12-15,30H,9,11H2,1-3H3. The first kappa shape index (κ1) is 22.3. The molecule has 0 spiro atoms. The molecular weight excluding hydrogens is 421 g/mol. The van der Waals surface area contributed by atoms with Crippen molar-refractivity contribution >= 4 is 33.8 Å². The molecule has 0 fully saturated rings. The molecule has 1 aliphatic rings. The van der Waals surface area contributed by atoms with Crippen LogP contribution in [-0.4, -0.2) is 43.1 Å². The van der Waals surface area contributed by atoms with Crippen LogP contribution in [-0.2, 0) is 4.74 Å². The number of hydrogen-bond donors (Lipinski definition) is 1. The molecule has 0 atom stereocenters. The number of benzene rings is 3. The largest absolute Gasteiger partial charge is 0.506 e. The molecule has 33 heavy (non-hydrogen) atoms. The second-order valence-corrected chi connectivity index (χ2v) is 8.14. The fourth-order valence-electron chi connectivity index (χ4n) is 4.14. The maximum Gasteiger partial charge on any atom is 0.337 e. The Morgan fingerprint density at radius 1 is 0.939 bits per heavy atom. The molecule has 0 unspecified atom stereocenters. The zero-order valence-electron chi connectivity index (χ0n) is 18.7. The van der Waals surface area contributed by atoms with Crippen LogP contribution < -0.4 is 0 Å². The summed E-state index contributed by atoms with van der Waals surface area (Å²) in [6, 6.07) is 13.5. The van der Waals surface area contributed by atoms with E-state index in [0.29, 0.717) is 23.8 Å². The van der Waals surface area contributed by atoms with Crippen molar-refractivity contribution in [1.29, 1.82) is 0 Å². The highest BCUT2D eigenvalue weighted by Gasteiger charge is 2.21. The van der Waals surface area contributed by atoms with Crippen LogP contribution in [0.2, 0.25) is 0 Å². The van der Waals surface area contributed by atoms with E-state index in [4.69, 9.17) is 0 Å². The first-order chi connectivity index (χ1) is 15.8. The van der Waals surface area contributed by atoms with E-state index in [0.717, 1.165) is 22.1 Å². The van der Waals surface area contributed by atoms with E-state index < -0.39 is 11.8 Å². The quantitative estimate of drug-likeness (QED) is 0.544. The van der Waals surface area contributed by atoms with Crippen molar-refractivity contribution in [2.24, 2.45) is 0 Å². The molecule has 0 radical (unpaired) electrons. The Morgan fingerprint density at radius 3 is 2.15 bits per heavy atom. The second-order valence-electron chi connectivity index (χ2n) is 8.14. The summed E-state index contributed by atoms with van der Waals surface area (Å²) in [6.07, 6.45) is 5.01. The lowest BCUT2D eigenvalue weighted by atomic mass is 9.86. The van der Waals surface area contributed by atoms with Crippen LogP contribution in [0.25, 0.3) is 21.9 Å². The van der Waals surface area contributed by atoms with Crippen molar-refractivity contribution < 1.29 is 23.8 Å². The SMILES string of the molecule is COC(=O)c1ccc(C2=CC=C(c3cc(C(=O)N(C)C)c(O)c4ccccc34)CC2)c(F)c1. The van der Waals surface area contributed by atoms with Gasteiger partial charge in [0, 0.05) is 25.0 Å². The van der Waals surface area contributed by atoms with E-state index in [9.17, 15) is 19.1 Å². The third-order valence-electron chi connectivity index (χ3n) is 5.88. The molecule has 1 aliphatic carbocycles. The van der Waals surface area contributed by atoms with Gasteiger partial charge in [0.15, 0.2) is 0 Å². The number of rotatable bonds is 4. The molecular formula is C27H24FNO4. The molecule has 4 rings (SSSR count). The van der Waals surface area contributed by atoms with Gasteiger partial charge in [-0.15, -0.1) is 0 Å². The number of methoxy groups -OCH3 is 1. The van der Waals surface area contributed by atoms with E-state index in [1.54, 1.807) is 38.4 Å². The van der Waals surface area contributed by atoms with Gasteiger partial charge in [-0.25, -0.2) is 9.18 Å². The number of amides is 1. The lowest BCUT2D eigenvalue weighted by molar-refractivity contribution is 0.0600. The third kappa shape index (κ3) is 4.12. The summed E-state index contributed by atoms with van der Waals surface area (Å²) in [5.74, 6) is -1.37. The van der Waals surface area contributed by atoms with Crippen molar-refractivity contribution in [3.8, 4) is 5.75 Å². The van der Waals surface area contributed by atoms with Crippen LogP contribution in [0.4, 0.5) is 4.39 Å². The van der Waals surface area contributed by atoms with Gasteiger partial charge in [-0.1, -0.05) is 42.5 Å². The van der Waals surface area contributed by atoms with Crippen molar-refractivity contribution in [3.05, 3.63) is 88.8 Å². The Bertz CT molecular complexity index is 1340. The zero-order valence-corrected chi connectivity index (χ0v) is 18.7. The molecule has 0 saturated carbocycles. The van der Waals surface area contributed by atoms with Crippen LogP contribution in [0.3, 0.4) is 0 Å². The third-order valence-corrected chi connectivity index (χ3v) is 5.88. The number of phenolic OH excluding ortho intramolecular Hbond substituents is 1. The van der Waals surface area contributed by atoms with Crippen molar-refractivity contribution in [1.82, 2.24) is 4.90 Å². The lowest BCUT2D eigenvalue weighted by Crippen LogP contribution is -2.22. The summed E-state index contributed by atoms with van der Waals surface area (Å²) in [4.78, 5) is 25.8. The number of ether oxygens (including phenoxy) is 1. The molecule has 3 aromatic rings. The molecule has 0 bridgehead atoms. The summed E-state index contributed by atoms with van der Waals surface area (Å²) in [5, 5.41) is 12.2. The number of nitrogens with zero attached hydrogens (tertiary/aromatic N) is 1. The van der Waals surface area contributed by atoms with E-state index in [-0.39, 0.29) is 22.8 Å². The lowest BCUT2D eigenvalue weighted by Gasteiger charge is -2.20. The summed E-state index contributed by atoms with van der Waals surface area (Å²) in [5.41, 5.74) is 3.53. The molecule has 168 valence electrons. The van der Waals surface area contributed by atoms with Gasteiger partial charge in [0.2, 0.25) is 0 Å². The molecule has 0 heterocycles. The van der Waals surface area contributed by atoms with Gasteiger partial charge in [-0.2, -0.15) is 0 Å². The Labute approximate surface area is 191 Å². The zero-order chi connectivity index (χ0) is 23.7. The maximum atomic E-state index is 14.7. The van der Waals surface area contributed by atoms with Crippen molar-refractivity contribution in [3.63, 3.8) is 0 Å². The number of phenols is 1. The minimum Gasteiger partial charge on any atom is -0.506 e. The number of esters is 1. The van der Waals surface area contributed by atoms with Crippen molar-refractivity contribution in [2.75, 3.05) is 21.2 Å². The molecule has 6 heteroatoms. The minimum atomic E-state index is -0.581. The Hall–Kier alpha value is -3.93. The van der Waals surface area contributed by atoms with Gasteiger partial charge in [0.1, 0.15) is 11.6 Å². The number of hydrogen-bond acceptors (Lipinski definition) is 4. The van der Waals surface area contributed by atoms with Gasteiger partial charge in [-0.05, 0) is 53.1 Å². The minimum absolute atomic E-state index is 0.0338. The highest BCUT2D eigenvalue weighted by atomic mass is 19.1. The van der Waals surface area contributed by atoms with Gasteiger partial charge < -0.3 is 14.7 Å². The molecule has 1 amide bonds. The van der Waals surface area contributed by atoms with Gasteiger partial charge in [0.05, 0.1) is 18.2 Å². The predicted molar refractivity (Wildman–Crippen MR) is 127 cm³/mol. The number of fused-ring (bicyclic) bond motifs is 1.